The number of likely N-dealkylation sites (tertiary alicyclic amines) is 1. The highest BCUT2D eigenvalue weighted by atomic mass is 16.5. The van der Waals surface area contributed by atoms with Gasteiger partial charge in [0.15, 0.2) is 5.82 Å². The average molecular weight is 421 g/mol. The van der Waals surface area contributed by atoms with Crippen molar-refractivity contribution in [2.45, 2.75) is 25.4 Å². The lowest BCUT2D eigenvalue weighted by molar-refractivity contribution is -0.128. The van der Waals surface area contributed by atoms with E-state index in [1.165, 1.54) is 0 Å². The van der Waals surface area contributed by atoms with Crippen molar-refractivity contribution in [1.29, 1.82) is 0 Å². The molecule has 160 valence electrons. The second kappa shape index (κ2) is 9.29. The summed E-state index contributed by atoms with van der Waals surface area (Å²) in [4.78, 5) is 30.6. The molecule has 0 radical (unpaired) electrons. The third-order valence-electron chi connectivity index (χ3n) is 5.03. The number of aromatic nitrogens is 2. The van der Waals surface area contributed by atoms with Crippen LogP contribution in [-0.2, 0) is 17.9 Å². The maximum atomic E-state index is 12.4. The number of rotatable bonds is 7. The van der Waals surface area contributed by atoms with Crippen LogP contribution in [0.15, 0.2) is 59.1 Å². The first kappa shape index (κ1) is 20.4. The maximum absolute atomic E-state index is 12.4. The number of hydrogen-bond donors (Lipinski definition) is 2. The van der Waals surface area contributed by atoms with E-state index >= 15 is 0 Å². The Balaban J connectivity index is 1.28. The highest BCUT2D eigenvalue weighted by Crippen LogP contribution is 2.27. The minimum Gasteiger partial charge on any atom is -0.497 e. The number of anilines is 1. The monoisotopic (exact) mass is 421 g/mol. The summed E-state index contributed by atoms with van der Waals surface area (Å²) in [5.41, 5.74) is 1.71. The Labute approximate surface area is 179 Å². The number of methoxy groups -OCH3 is 1. The van der Waals surface area contributed by atoms with Gasteiger partial charge in [-0.3, -0.25) is 4.79 Å². The van der Waals surface area contributed by atoms with Crippen molar-refractivity contribution < 1.29 is 18.8 Å². The number of nitrogens with zero attached hydrogens (tertiary/aromatic N) is 3. The van der Waals surface area contributed by atoms with E-state index in [-0.39, 0.29) is 24.3 Å². The highest BCUT2D eigenvalue weighted by molar-refractivity contribution is 5.89. The largest absolute Gasteiger partial charge is 0.497 e. The van der Waals surface area contributed by atoms with Gasteiger partial charge in [-0.15, -0.1) is 0 Å². The zero-order valence-electron chi connectivity index (χ0n) is 17.1. The molecule has 3 aromatic rings. The Morgan fingerprint density at radius 3 is 2.71 bits per heavy atom. The molecule has 1 saturated heterocycles. The smallest absolute Gasteiger partial charge is 0.319 e. The normalized spacial score (nSPS) is 15.7. The number of urea groups is 1. The van der Waals surface area contributed by atoms with E-state index < -0.39 is 6.03 Å². The van der Waals surface area contributed by atoms with Crippen LogP contribution in [0, 0.1) is 0 Å². The molecule has 2 heterocycles. The minimum atomic E-state index is -0.394. The Morgan fingerprint density at radius 1 is 1.19 bits per heavy atom. The minimum absolute atomic E-state index is 0.0668. The molecule has 2 N–H and O–H groups in total. The summed E-state index contributed by atoms with van der Waals surface area (Å²) in [5.74, 6) is 1.42. The molecule has 1 aliphatic heterocycles. The second-order valence-corrected chi connectivity index (χ2v) is 7.24. The van der Waals surface area contributed by atoms with Crippen LogP contribution < -0.4 is 15.4 Å². The topological polar surface area (TPSA) is 110 Å². The summed E-state index contributed by atoms with van der Waals surface area (Å²) < 4.78 is 10.3. The molecule has 0 bridgehead atoms. The van der Waals surface area contributed by atoms with Crippen LogP contribution in [0.4, 0.5) is 10.5 Å². The number of carbonyl (C=O) groups excluding carboxylic acids is 2. The van der Waals surface area contributed by atoms with Crippen molar-refractivity contribution in [3.05, 3.63) is 71.9 Å². The fraction of sp³-hybridized carbons (Fsp3) is 0.273. The van der Waals surface area contributed by atoms with E-state index in [2.05, 4.69) is 20.8 Å². The van der Waals surface area contributed by atoms with Gasteiger partial charge in [-0.25, -0.2) is 4.79 Å². The van der Waals surface area contributed by atoms with Crippen LogP contribution in [0.1, 0.15) is 29.6 Å². The van der Waals surface area contributed by atoms with Gasteiger partial charge in [0.25, 0.3) is 0 Å². The third-order valence-corrected chi connectivity index (χ3v) is 5.03. The van der Waals surface area contributed by atoms with Gasteiger partial charge >= 0.3 is 6.03 Å². The van der Waals surface area contributed by atoms with Crippen LogP contribution in [0.3, 0.4) is 0 Å². The van der Waals surface area contributed by atoms with E-state index in [9.17, 15) is 9.59 Å². The van der Waals surface area contributed by atoms with E-state index in [1.54, 1.807) is 36.3 Å². The summed E-state index contributed by atoms with van der Waals surface area (Å²) in [5, 5.41) is 9.39. The summed E-state index contributed by atoms with van der Waals surface area (Å²) in [6.07, 6.45) is 0.344. The first-order valence-corrected chi connectivity index (χ1v) is 9.94. The Kier molecular flexibility index (Phi) is 6.11. The fourth-order valence-electron chi connectivity index (χ4n) is 3.41. The summed E-state index contributed by atoms with van der Waals surface area (Å²) in [7, 11) is 1.58. The van der Waals surface area contributed by atoms with Crippen molar-refractivity contribution in [3.8, 4) is 5.75 Å². The molecule has 2 aromatic carbocycles. The third kappa shape index (κ3) is 5.19. The first-order chi connectivity index (χ1) is 15.1. The molecule has 1 fully saturated rings. The lowest BCUT2D eigenvalue weighted by Crippen LogP contribution is -2.28. The Hall–Kier alpha value is -3.88. The molecule has 0 aliphatic carbocycles. The predicted molar refractivity (Wildman–Crippen MR) is 112 cm³/mol. The van der Waals surface area contributed by atoms with E-state index in [1.807, 2.05) is 30.3 Å². The molecule has 9 heteroatoms. The van der Waals surface area contributed by atoms with Crippen LogP contribution in [0.25, 0.3) is 0 Å². The molecule has 1 aromatic heterocycles. The standard InChI is InChI=1S/C22H23N5O4/c1-30-18-9-7-17(8-10-18)24-22(29)23-12-19-25-21(26-31-19)16-11-20(28)27(14-16)13-15-5-3-2-4-6-15/h2-10,16H,11-14H2,1H3,(H2,23,24,29)/t16-/m1/s1. The maximum Gasteiger partial charge on any atom is 0.319 e. The molecule has 3 amide bonds. The molecule has 1 aliphatic rings. The molecule has 31 heavy (non-hydrogen) atoms. The van der Waals surface area contributed by atoms with E-state index in [0.717, 1.165) is 5.56 Å². The molecular formula is C22H23N5O4. The summed E-state index contributed by atoms with van der Waals surface area (Å²) in [6.45, 7) is 1.19. The molecule has 1 atom stereocenters. The molecule has 9 nitrogen and oxygen atoms in total. The van der Waals surface area contributed by atoms with Crippen LogP contribution in [-0.4, -0.2) is 40.6 Å². The van der Waals surface area contributed by atoms with Gasteiger partial charge < -0.3 is 24.8 Å². The fourth-order valence-corrected chi connectivity index (χ4v) is 3.41. The van der Waals surface area contributed by atoms with Gasteiger partial charge in [-0.2, -0.15) is 4.98 Å². The quantitative estimate of drug-likeness (QED) is 0.607. The highest BCUT2D eigenvalue weighted by Gasteiger charge is 2.33. The lowest BCUT2D eigenvalue weighted by atomic mass is 10.1. The molecule has 0 unspecified atom stereocenters. The molecule has 4 rings (SSSR count). The Bertz CT molecular complexity index is 1040. The number of carbonyl (C=O) groups is 2. The second-order valence-electron chi connectivity index (χ2n) is 7.24. The average Bonchev–Trinajstić information content (AvgIpc) is 3.40. The zero-order chi connectivity index (χ0) is 21.6. The van der Waals surface area contributed by atoms with Gasteiger partial charge in [0.1, 0.15) is 5.75 Å². The number of hydrogen-bond acceptors (Lipinski definition) is 6. The zero-order valence-corrected chi connectivity index (χ0v) is 17.1. The van der Waals surface area contributed by atoms with Gasteiger partial charge in [0.2, 0.25) is 11.8 Å². The predicted octanol–water partition coefficient (Wildman–Crippen LogP) is 2.92. The van der Waals surface area contributed by atoms with Crippen LogP contribution >= 0.6 is 0 Å². The number of benzene rings is 2. The lowest BCUT2D eigenvalue weighted by Gasteiger charge is -2.15. The molecule has 0 saturated carbocycles. The number of amides is 3. The van der Waals surface area contributed by atoms with Crippen molar-refractivity contribution in [2.24, 2.45) is 0 Å². The van der Waals surface area contributed by atoms with Crippen LogP contribution in [0.2, 0.25) is 0 Å². The van der Waals surface area contributed by atoms with Gasteiger partial charge in [0, 0.05) is 31.1 Å². The Morgan fingerprint density at radius 2 is 1.97 bits per heavy atom. The van der Waals surface area contributed by atoms with Gasteiger partial charge in [-0.05, 0) is 29.8 Å². The van der Waals surface area contributed by atoms with Crippen molar-refractivity contribution in [2.75, 3.05) is 19.0 Å². The molecular weight excluding hydrogens is 398 g/mol. The first-order valence-electron chi connectivity index (χ1n) is 9.94. The van der Waals surface area contributed by atoms with Crippen LogP contribution in [0.5, 0.6) is 5.75 Å². The SMILES string of the molecule is COc1ccc(NC(=O)NCc2nc([C@@H]3CC(=O)N(Cc4ccccc4)C3)no2)cc1. The van der Waals surface area contributed by atoms with Crippen molar-refractivity contribution >= 4 is 17.6 Å². The van der Waals surface area contributed by atoms with Crippen molar-refractivity contribution in [1.82, 2.24) is 20.4 Å². The summed E-state index contributed by atoms with van der Waals surface area (Å²) >= 11 is 0. The van der Waals surface area contributed by atoms with E-state index in [0.29, 0.717) is 36.8 Å². The van der Waals surface area contributed by atoms with Gasteiger partial charge in [-0.1, -0.05) is 35.5 Å². The number of ether oxygens (including phenoxy) is 1. The van der Waals surface area contributed by atoms with Gasteiger partial charge in [0.05, 0.1) is 13.7 Å². The number of nitrogens with one attached hydrogen (secondary N) is 2. The molecule has 0 spiro atoms. The summed E-state index contributed by atoms with van der Waals surface area (Å²) in [6, 6.07) is 16.4. The van der Waals surface area contributed by atoms with E-state index in [4.69, 9.17) is 9.26 Å². The van der Waals surface area contributed by atoms with Crippen molar-refractivity contribution in [3.63, 3.8) is 0 Å².